The third kappa shape index (κ3) is 66.5. The molecule has 0 amide bonds. The Kier molecular flexibility index (Phi) is 64.0. The largest absolute Gasteiger partial charge is 0.472 e. The van der Waals surface area contributed by atoms with Gasteiger partial charge in [-0.05, 0) is 31.6 Å². The van der Waals surface area contributed by atoms with Crippen molar-refractivity contribution in [3.05, 3.63) is 0 Å². The molecule has 0 spiro atoms. The molecule has 0 saturated heterocycles. The molecule has 540 valence electrons. The number of unbranched alkanes of at least 4 members (excludes halogenated alkanes) is 44. The van der Waals surface area contributed by atoms with Crippen LogP contribution in [-0.4, -0.2) is 96.7 Å². The maximum Gasteiger partial charge on any atom is 0.472 e. The molecule has 0 aliphatic heterocycles. The van der Waals surface area contributed by atoms with Gasteiger partial charge in [-0.25, -0.2) is 9.13 Å². The molecule has 91 heavy (non-hydrogen) atoms. The van der Waals surface area contributed by atoms with Gasteiger partial charge in [-0.3, -0.25) is 37.3 Å². The molecule has 0 aromatic carbocycles. The summed E-state index contributed by atoms with van der Waals surface area (Å²) in [5.41, 5.74) is 0. The first kappa shape index (κ1) is 89.1. The highest BCUT2D eigenvalue weighted by atomic mass is 31.2. The average Bonchev–Trinajstić information content (AvgIpc) is 3.32. The number of rotatable bonds is 72. The second-order valence-corrected chi connectivity index (χ2v) is 29.4. The molecule has 0 radical (unpaired) electrons. The molecule has 0 rings (SSSR count). The second kappa shape index (κ2) is 65.4. The van der Waals surface area contributed by atoms with Crippen molar-refractivity contribution in [2.24, 2.45) is 5.92 Å². The molecule has 2 unspecified atom stereocenters. The monoisotopic (exact) mass is 1340 g/mol. The molecule has 0 aromatic heterocycles. The van der Waals surface area contributed by atoms with Crippen LogP contribution in [0.1, 0.15) is 375 Å². The Balaban J connectivity index is 5.14. The molecule has 17 nitrogen and oxygen atoms in total. The topological polar surface area (TPSA) is 237 Å². The highest BCUT2D eigenvalue weighted by Gasteiger charge is 2.30. The lowest BCUT2D eigenvalue weighted by Gasteiger charge is -2.21. The van der Waals surface area contributed by atoms with E-state index in [9.17, 15) is 43.2 Å². The quantitative estimate of drug-likeness (QED) is 0.0222. The van der Waals surface area contributed by atoms with Crippen molar-refractivity contribution >= 4 is 39.5 Å². The number of aliphatic hydroxyl groups excluding tert-OH is 1. The van der Waals surface area contributed by atoms with Crippen LogP contribution in [-0.2, 0) is 65.4 Å². The second-order valence-electron chi connectivity index (χ2n) is 26.5. The summed E-state index contributed by atoms with van der Waals surface area (Å²) in [7, 11) is -9.89. The van der Waals surface area contributed by atoms with E-state index < -0.39 is 97.5 Å². The van der Waals surface area contributed by atoms with Crippen LogP contribution in [0.3, 0.4) is 0 Å². The third-order valence-electron chi connectivity index (χ3n) is 16.8. The molecule has 0 saturated carbocycles. The van der Waals surface area contributed by atoms with E-state index in [0.717, 1.165) is 102 Å². The van der Waals surface area contributed by atoms with E-state index in [-0.39, 0.29) is 25.7 Å². The molecule has 19 heteroatoms. The van der Waals surface area contributed by atoms with Crippen molar-refractivity contribution in [3.63, 3.8) is 0 Å². The first-order valence-electron chi connectivity index (χ1n) is 37.6. The Morgan fingerprint density at radius 2 is 0.505 bits per heavy atom. The predicted octanol–water partition coefficient (Wildman–Crippen LogP) is 20.9. The van der Waals surface area contributed by atoms with Crippen molar-refractivity contribution < 1.29 is 80.2 Å². The van der Waals surface area contributed by atoms with Gasteiger partial charge in [0.2, 0.25) is 0 Å². The molecule has 0 aliphatic rings. The summed E-state index contributed by atoms with van der Waals surface area (Å²) in [6.07, 6.45) is 53.1. The van der Waals surface area contributed by atoms with Crippen LogP contribution in [0.2, 0.25) is 0 Å². The third-order valence-corrected chi connectivity index (χ3v) is 18.7. The van der Waals surface area contributed by atoms with Gasteiger partial charge in [0.05, 0.1) is 26.4 Å². The number of phosphoric ester groups is 2. The lowest BCUT2D eigenvalue weighted by Crippen LogP contribution is -2.30. The number of aliphatic hydroxyl groups is 1. The number of carbonyl (C=O) groups excluding carboxylic acids is 4. The number of phosphoric acid groups is 2. The van der Waals surface area contributed by atoms with Gasteiger partial charge in [-0.15, -0.1) is 0 Å². The Labute approximate surface area is 556 Å². The van der Waals surface area contributed by atoms with Gasteiger partial charge in [-0.1, -0.05) is 324 Å². The summed E-state index contributed by atoms with van der Waals surface area (Å²) in [5, 5.41) is 10.6. The number of carbonyl (C=O) groups is 4. The summed E-state index contributed by atoms with van der Waals surface area (Å²) < 4.78 is 68.1. The smallest absolute Gasteiger partial charge is 0.462 e. The molecule has 5 atom stereocenters. The van der Waals surface area contributed by atoms with Gasteiger partial charge in [0.1, 0.15) is 19.3 Å². The number of hydrogen-bond acceptors (Lipinski definition) is 15. The predicted molar refractivity (Wildman–Crippen MR) is 368 cm³/mol. The lowest BCUT2D eigenvalue weighted by molar-refractivity contribution is -0.161. The van der Waals surface area contributed by atoms with E-state index in [1.54, 1.807) is 0 Å². The Bertz CT molecular complexity index is 1750. The van der Waals surface area contributed by atoms with Crippen LogP contribution < -0.4 is 0 Å². The Hall–Kier alpha value is -1.94. The van der Waals surface area contributed by atoms with Crippen LogP contribution in [0.15, 0.2) is 0 Å². The van der Waals surface area contributed by atoms with Crippen molar-refractivity contribution in [2.75, 3.05) is 39.6 Å². The fourth-order valence-electron chi connectivity index (χ4n) is 11.0. The summed E-state index contributed by atoms with van der Waals surface area (Å²) >= 11 is 0. The Morgan fingerprint density at radius 3 is 0.747 bits per heavy atom. The molecular weight excluding hydrogens is 1200 g/mol. The van der Waals surface area contributed by atoms with Gasteiger partial charge in [0.25, 0.3) is 0 Å². The number of esters is 4. The van der Waals surface area contributed by atoms with Gasteiger partial charge in [0, 0.05) is 25.7 Å². The maximum absolute atomic E-state index is 13.0. The molecule has 0 fully saturated rings. The normalized spacial score (nSPS) is 14.0. The van der Waals surface area contributed by atoms with Gasteiger partial charge in [0.15, 0.2) is 12.2 Å². The van der Waals surface area contributed by atoms with Crippen molar-refractivity contribution in [1.29, 1.82) is 0 Å². The van der Waals surface area contributed by atoms with Crippen LogP contribution in [0, 0.1) is 5.92 Å². The first-order valence-corrected chi connectivity index (χ1v) is 40.6. The van der Waals surface area contributed by atoms with E-state index >= 15 is 0 Å². The molecule has 0 heterocycles. The van der Waals surface area contributed by atoms with Crippen molar-refractivity contribution in [2.45, 2.75) is 393 Å². The molecule has 0 bridgehead atoms. The van der Waals surface area contributed by atoms with E-state index in [2.05, 4.69) is 34.6 Å². The van der Waals surface area contributed by atoms with E-state index in [0.29, 0.717) is 25.7 Å². The van der Waals surface area contributed by atoms with Crippen molar-refractivity contribution in [1.82, 2.24) is 0 Å². The van der Waals surface area contributed by atoms with Crippen LogP contribution in [0.4, 0.5) is 0 Å². The van der Waals surface area contributed by atoms with Crippen molar-refractivity contribution in [3.8, 4) is 0 Å². The summed E-state index contributed by atoms with van der Waals surface area (Å²) in [6.45, 7) is 7.20. The minimum absolute atomic E-state index is 0.106. The van der Waals surface area contributed by atoms with Gasteiger partial charge >= 0.3 is 39.5 Å². The summed E-state index contributed by atoms with van der Waals surface area (Å²) in [6, 6.07) is 0. The van der Waals surface area contributed by atoms with Gasteiger partial charge < -0.3 is 33.8 Å². The standard InChI is InChI=1S/C72H140O17P2/c1-6-9-12-15-17-19-21-22-23-24-25-26-31-35-39-43-48-53-58-72(77)89-68(62-83-70(75)56-51-46-41-37-34-30-28-27-29-33-36-40-45-49-54-65(4)5)64-87-91(80,81)85-60-66(73)59-84-90(78,79)86-63-67(61-82-69(74)55-50-44-14-11-8-3)88-71(76)57-52-47-42-38-32-20-18-16-13-10-7-2/h65-68,73H,6-64H2,1-5H3,(H,78,79)(H,80,81)/t66-,67+,68+/m0/s1. The molecular formula is C72H140O17P2. The molecule has 0 aromatic rings. The lowest BCUT2D eigenvalue weighted by atomic mass is 10.0. The Morgan fingerprint density at radius 1 is 0.297 bits per heavy atom. The zero-order valence-corrected chi connectivity index (χ0v) is 60.8. The van der Waals surface area contributed by atoms with Crippen LogP contribution in [0.5, 0.6) is 0 Å². The van der Waals surface area contributed by atoms with E-state index in [1.165, 1.54) is 193 Å². The van der Waals surface area contributed by atoms with Gasteiger partial charge in [-0.2, -0.15) is 0 Å². The summed E-state index contributed by atoms with van der Waals surface area (Å²) in [4.78, 5) is 72.3. The highest BCUT2D eigenvalue weighted by Crippen LogP contribution is 2.45. The first-order chi connectivity index (χ1) is 44.0. The molecule has 3 N–H and O–H groups in total. The number of hydrogen-bond donors (Lipinski definition) is 3. The zero-order chi connectivity index (χ0) is 67.0. The average molecular weight is 1340 g/mol. The fraction of sp³-hybridized carbons (Fsp3) is 0.944. The molecule has 0 aliphatic carbocycles. The summed E-state index contributed by atoms with van der Waals surface area (Å²) in [5.74, 6) is -1.33. The highest BCUT2D eigenvalue weighted by molar-refractivity contribution is 7.47. The number of ether oxygens (including phenoxy) is 4. The SMILES string of the molecule is CCCCCCCCCCCCCCCCCCCCC(=O)O[C@H](COC(=O)CCCCCCCCCCCCCCCCC(C)C)COP(=O)(O)OC[C@@H](O)COP(=O)(O)OC[C@@H](COC(=O)CCCCCCC)OC(=O)CCCCCCCCCCCCC. The van der Waals surface area contributed by atoms with E-state index in [4.69, 9.17) is 37.0 Å². The zero-order valence-electron chi connectivity index (χ0n) is 59.0. The minimum Gasteiger partial charge on any atom is -0.462 e. The van der Waals surface area contributed by atoms with Crippen LogP contribution >= 0.6 is 15.6 Å². The van der Waals surface area contributed by atoms with Crippen LogP contribution in [0.25, 0.3) is 0 Å². The minimum atomic E-state index is -4.95. The fourth-order valence-corrected chi connectivity index (χ4v) is 12.6. The van der Waals surface area contributed by atoms with E-state index in [1.807, 2.05) is 0 Å². The maximum atomic E-state index is 13.0.